The van der Waals surface area contributed by atoms with Gasteiger partial charge < -0.3 is 24.3 Å². The predicted molar refractivity (Wildman–Crippen MR) is 127 cm³/mol. The Hall–Kier alpha value is -3.66. The topological polar surface area (TPSA) is 72.8 Å². The van der Waals surface area contributed by atoms with Crippen molar-refractivity contribution in [2.75, 3.05) is 18.4 Å². The number of hydrogen-bond acceptors (Lipinski definition) is 5. The van der Waals surface area contributed by atoms with E-state index in [0.29, 0.717) is 25.9 Å². The number of aryl methyl sites for hydroxylation is 1. The number of aromatic nitrogens is 1. The molecule has 0 spiro atoms. The minimum Gasteiger partial charge on any atom is -0.395 e. The quantitative estimate of drug-likeness (QED) is 0.509. The Labute approximate surface area is 209 Å². The van der Waals surface area contributed by atoms with Gasteiger partial charge in [0.2, 0.25) is 0 Å². The lowest BCUT2D eigenvalue weighted by molar-refractivity contribution is -0.286. The van der Waals surface area contributed by atoms with Gasteiger partial charge in [0.1, 0.15) is 10.8 Å². The fourth-order valence-electron chi connectivity index (χ4n) is 4.47. The lowest BCUT2D eigenvalue weighted by Gasteiger charge is -2.33. The number of carbonyl (C=O) groups is 1. The summed E-state index contributed by atoms with van der Waals surface area (Å²) in [6.45, 7) is 0.916. The molecule has 2 aromatic carbocycles. The fourth-order valence-corrected chi connectivity index (χ4v) is 4.76. The van der Waals surface area contributed by atoms with Gasteiger partial charge in [-0.15, -0.1) is 8.78 Å². The third kappa shape index (κ3) is 4.60. The first-order valence-corrected chi connectivity index (χ1v) is 11.6. The normalized spacial score (nSPS) is 16.8. The highest BCUT2D eigenvalue weighted by atomic mass is 35.5. The summed E-state index contributed by atoms with van der Waals surface area (Å²) >= 11 is 6.34. The van der Waals surface area contributed by atoms with Crippen molar-refractivity contribution in [3.63, 3.8) is 0 Å². The molecule has 7 nitrogen and oxygen atoms in total. The van der Waals surface area contributed by atoms with Crippen LogP contribution >= 0.6 is 11.6 Å². The number of piperidine rings is 1. The molecule has 3 heterocycles. The smallest absolute Gasteiger partial charge is 0.395 e. The maximum absolute atomic E-state index is 13.5. The number of amides is 1. The van der Waals surface area contributed by atoms with Crippen LogP contribution in [0.5, 0.6) is 11.5 Å². The number of nitrogens with one attached hydrogen (secondary N) is 1. The Morgan fingerprint density at radius 2 is 1.75 bits per heavy atom. The number of pyridine rings is 1. The van der Waals surface area contributed by atoms with E-state index < -0.39 is 11.9 Å². The number of ether oxygens (including phenoxy) is 2. The van der Waals surface area contributed by atoms with Crippen molar-refractivity contribution in [1.29, 1.82) is 0 Å². The van der Waals surface area contributed by atoms with Gasteiger partial charge in [0.05, 0.1) is 11.3 Å². The van der Waals surface area contributed by atoms with Crippen LogP contribution in [0.25, 0.3) is 0 Å². The molecule has 0 saturated carbocycles. The molecular formula is C25H21ClF3N3O4. The molecule has 1 saturated heterocycles. The van der Waals surface area contributed by atoms with Crippen LogP contribution in [0.1, 0.15) is 34.7 Å². The number of rotatable bonds is 4. The molecular weight excluding hydrogens is 499 g/mol. The number of likely N-dealkylation sites (tertiary alicyclic amines) is 1. The van der Waals surface area contributed by atoms with Crippen LogP contribution in [-0.2, 0) is 7.05 Å². The van der Waals surface area contributed by atoms with Gasteiger partial charge >= 0.3 is 6.29 Å². The Morgan fingerprint density at radius 3 is 2.44 bits per heavy atom. The average Bonchev–Trinajstić information content (AvgIpc) is 3.17. The van der Waals surface area contributed by atoms with Crippen LogP contribution in [0, 0.1) is 5.82 Å². The van der Waals surface area contributed by atoms with E-state index in [2.05, 4.69) is 14.8 Å². The second-order valence-corrected chi connectivity index (χ2v) is 9.10. The number of nitrogens with zero attached hydrogens (tertiary/aromatic N) is 2. The summed E-state index contributed by atoms with van der Waals surface area (Å²) in [5.41, 5.74) is 0.984. The standard InChI is InChI=1S/C25H21ClF3N3O4/c1-31-13-18(23(33)32-10-8-15(9-11-32)14-2-4-16(27)5-3-14)22(21(26)24(31)34)30-17-6-7-19-20(12-17)36-25(28,29)35-19/h2-7,12-13,15,30H,8-11H2,1H3. The van der Waals surface area contributed by atoms with Gasteiger partial charge in [0.25, 0.3) is 11.5 Å². The summed E-state index contributed by atoms with van der Waals surface area (Å²) in [4.78, 5) is 27.7. The number of hydrogen-bond donors (Lipinski definition) is 1. The number of fused-ring (bicyclic) bond motifs is 1. The van der Waals surface area contributed by atoms with Crippen LogP contribution in [0.4, 0.5) is 24.5 Å². The van der Waals surface area contributed by atoms with Crippen molar-refractivity contribution < 1.29 is 27.4 Å². The molecule has 3 aromatic rings. The lowest BCUT2D eigenvalue weighted by Crippen LogP contribution is -2.39. The number of carbonyl (C=O) groups excluding carboxylic acids is 1. The lowest BCUT2D eigenvalue weighted by atomic mass is 9.89. The molecule has 0 radical (unpaired) electrons. The minimum absolute atomic E-state index is 0.0658. The first-order valence-electron chi connectivity index (χ1n) is 11.2. The van der Waals surface area contributed by atoms with Crippen molar-refractivity contribution in [2.24, 2.45) is 7.05 Å². The van der Waals surface area contributed by atoms with Crippen molar-refractivity contribution >= 4 is 28.9 Å². The zero-order valence-electron chi connectivity index (χ0n) is 19.1. The van der Waals surface area contributed by atoms with Gasteiger partial charge in [-0.25, -0.2) is 4.39 Å². The highest BCUT2D eigenvalue weighted by Crippen LogP contribution is 2.43. The third-order valence-corrected chi connectivity index (χ3v) is 6.69. The molecule has 0 bridgehead atoms. The molecule has 2 aliphatic heterocycles. The van der Waals surface area contributed by atoms with E-state index in [0.717, 1.165) is 5.56 Å². The summed E-state index contributed by atoms with van der Waals surface area (Å²) < 4.78 is 50.1. The van der Waals surface area contributed by atoms with E-state index in [1.165, 1.54) is 48.1 Å². The molecule has 36 heavy (non-hydrogen) atoms. The SMILES string of the molecule is Cn1cc(C(=O)N2CCC(c3ccc(F)cc3)CC2)c(Nc2ccc3c(c2)OC(F)(F)O3)c(Cl)c1=O. The number of benzene rings is 2. The molecule has 0 aliphatic carbocycles. The summed E-state index contributed by atoms with van der Waals surface area (Å²) in [6, 6.07) is 10.4. The third-order valence-electron chi connectivity index (χ3n) is 6.34. The van der Waals surface area contributed by atoms with Gasteiger partial charge in [-0.2, -0.15) is 0 Å². The average molecular weight is 520 g/mol. The summed E-state index contributed by atoms with van der Waals surface area (Å²) in [5.74, 6) is -0.765. The van der Waals surface area contributed by atoms with E-state index >= 15 is 0 Å². The molecule has 1 amide bonds. The maximum Gasteiger partial charge on any atom is 0.586 e. The van der Waals surface area contributed by atoms with E-state index in [-0.39, 0.29) is 51.1 Å². The summed E-state index contributed by atoms with van der Waals surface area (Å²) in [7, 11) is 1.48. The largest absolute Gasteiger partial charge is 0.586 e. The molecule has 0 unspecified atom stereocenters. The highest BCUT2D eigenvalue weighted by molar-refractivity contribution is 6.34. The van der Waals surface area contributed by atoms with Crippen LogP contribution < -0.4 is 20.3 Å². The van der Waals surface area contributed by atoms with Gasteiger partial charge in [0.15, 0.2) is 11.5 Å². The molecule has 1 N–H and O–H groups in total. The van der Waals surface area contributed by atoms with Crippen LogP contribution in [0.2, 0.25) is 5.02 Å². The van der Waals surface area contributed by atoms with Crippen LogP contribution in [0.3, 0.4) is 0 Å². The number of anilines is 2. The molecule has 1 aromatic heterocycles. The summed E-state index contributed by atoms with van der Waals surface area (Å²) in [6.07, 6.45) is -0.999. The first-order chi connectivity index (χ1) is 17.1. The molecule has 0 atom stereocenters. The van der Waals surface area contributed by atoms with Crippen molar-refractivity contribution in [2.45, 2.75) is 25.1 Å². The molecule has 188 valence electrons. The van der Waals surface area contributed by atoms with Crippen LogP contribution in [0.15, 0.2) is 53.5 Å². The second-order valence-electron chi connectivity index (χ2n) is 8.72. The molecule has 11 heteroatoms. The van der Waals surface area contributed by atoms with Gasteiger partial charge in [-0.1, -0.05) is 23.7 Å². The van der Waals surface area contributed by atoms with Gasteiger partial charge in [-0.05, 0) is 48.6 Å². The first kappa shape index (κ1) is 24.1. The van der Waals surface area contributed by atoms with Crippen molar-refractivity contribution in [3.05, 3.63) is 81.0 Å². The maximum atomic E-state index is 13.5. The van der Waals surface area contributed by atoms with Gasteiger partial charge in [0, 0.05) is 38.1 Å². The van der Waals surface area contributed by atoms with Gasteiger partial charge in [-0.3, -0.25) is 9.59 Å². The van der Waals surface area contributed by atoms with Crippen LogP contribution in [-0.4, -0.2) is 34.8 Å². The zero-order chi connectivity index (χ0) is 25.6. The monoisotopic (exact) mass is 519 g/mol. The molecule has 2 aliphatic rings. The second kappa shape index (κ2) is 9.09. The Balaban J connectivity index is 1.39. The minimum atomic E-state index is -3.78. The highest BCUT2D eigenvalue weighted by Gasteiger charge is 2.43. The van der Waals surface area contributed by atoms with E-state index in [1.807, 2.05) is 0 Å². The Morgan fingerprint density at radius 1 is 1.08 bits per heavy atom. The fraction of sp³-hybridized carbons (Fsp3) is 0.280. The van der Waals surface area contributed by atoms with E-state index in [4.69, 9.17) is 11.6 Å². The van der Waals surface area contributed by atoms with E-state index in [1.54, 1.807) is 17.0 Å². The molecule has 5 rings (SSSR count). The summed E-state index contributed by atoms with van der Waals surface area (Å²) in [5, 5.41) is 2.70. The van der Waals surface area contributed by atoms with Crippen molar-refractivity contribution in [1.82, 2.24) is 9.47 Å². The molecule has 1 fully saturated rings. The zero-order valence-corrected chi connectivity index (χ0v) is 19.8. The number of halogens is 4. The van der Waals surface area contributed by atoms with E-state index in [9.17, 15) is 22.8 Å². The van der Waals surface area contributed by atoms with Crippen molar-refractivity contribution in [3.8, 4) is 11.5 Å². The Bertz CT molecular complexity index is 1390. The predicted octanol–water partition coefficient (Wildman–Crippen LogP) is 5.26. The Kier molecular flexibility index (Phi) is 6.07. The number of alkyl halides is 2.